The molecule has 1 rings (SSSR count). The second-order valence-electron chi connectivity index (χ2n) is 3.99. The van der Waals surface area contributed by atoms with Crippen molar-refractivity contribution in [3.05, 3.63) is 28.5 Å². The SMILES string of the molecule is COC(C)(C)CNC(=O)c1cccc(Br)n1. The fraction of sp³-hybridized carbons (Fsp3) is 0.455. The number of hydrogen-bond acceptors (Lipinski definition) is 3. The summed E-state index contributed by atoms with van der Waals surface area (Å²) in [5.41, 5.74) is 0.0167. The Bertz CT molecular complexity index is 380. The topological polar surface area (TPSA) is 51.2 Å². The van der Waals surface area contributed by atoms with Crippen molar-refractivity contribution in [3.63, 3.8) is 0 Å². The number of aromatic nitrogens is 1. The number of ether oxygens (including phenoxy) is 1. The molecule has 0 aromatic carbocycles. The molecule has 0 fully saturated rings. The Morgan fingerprint density at radius 3 is 2.81 bits per heavy atom. The Morgan fingerprint density at radius 1 is 1.56 bits per heavy atom. The molecule has 0 unspecified atom stereocenters. The first-order valence-corrected chi connectivity index (χ1v) is 5.70. The molecule has 1 N–H and O–H groups in total. The lowest BCUT2D eigenvalue weighted by Gasteiger charge is -2.22. The first-order chi connectivity index (χ1) is 7.44. The largest absolute Gasteiger partial charge is 0.377 e. The van der Waals surface area contributed by atoms with Gasteiger partial charge in [-0.05, 0) is 41.9 Å². The number of amides is 1. The lowest BCUT2D eigenvalue weighted by atomic mass is 10.1. The van der Waals surface area contributed by atoms with Crippen LogP contribution in [0.5, 0.6) is 0 Å². The molecular weight excluding hydrogens is 272 g/mol. The van der Waals surface area contributed by atoms with Crippen molar-refractivity contribution in [2.75, 3.05) is 13.7 Å². The van der Waals surface area contributed by atoms with E-state index >= 15 is 0 Å². The molecule has 88 valence electrons. The molecule has 1 heterocycles. The van der Waals surface area contributed by atoms with E-state index in [1.807, 2.05) is 13.8 Å². The van der Waals surface area contributed by atoms with Crippen molar-refractivity contribution in [1.29, 1.82) is 0 Å². The molecule has 0 aliphatic carbocycles. The van der Waals surface area contributed by atoms with E-state index in [0.717, 1.165) is 0 Å². The van der Waals surface area contributed by atoms with Crippen LogP contribution < -0.4 is 5.32 Å². The van der Waals surface area contributed by atoms with Crippen LogP contribution >= 0.6 is 15.9 Å². The van der Waals surface area contributed by atoms with Gasteiger partial charge in [0.25, 0.3) is 5.91 Å². The Labute approximate surface area is 104 Å². The van der Waals surface area contributed by atoms with Gasteiger partial charge in [0, 0.05) is 13.7 Å². The Hall–Kier alpha value is -0.940. The minimum absolute atomic E-state index is 0.202. The summed E-state index contributed by atoms with van der Waals surface area (Å²) in [7, 11) is 1.61. The molecule has 0 radical (unpaired) electrons. The monoisotopic (exact) mass is 286 g/mol. The molecule has 0 saturated carbocycles. The maximum atomic E-state index is 11.7. The lowest BCUT2D eigenvalue weighted by molar-refractivity contribution is 0.0228. The third-order valence-electron chi connectivity index (χ3n) is 2.18. The highest BCUT2D eigenvalue weighted by molar-refractivity contribution is 9.10. The first-order valence-electron chi connectivity index (χ1n) is 4.90. The molecule has 1 aromatic heterocycles. The molecule has 1 amide bonds. The fourth-order valence-corrected chi connectivity index (χ4v) is 1.33. The average Bonchev–Trinajstić information content (AvgIpc) is 2.26. The zero-order valence-corrected chi connectivity index (χ0v) is 11.2. The molecule has 0 bridgehead atoms. The standard InChI is InChI=1S/C11H15BrN2O2/c1-11(2,16-3)7-13-10(15)8-5-4-6-9(12)14-8/h4-6H,7H2,1-3H3,(H,13,15). The second kappa shape index (κ2) is 5.41. The number of rotatable bonds is 4. The maximum absolute atomic E-state index is 11.7. The van der Waals surface area contributed by atoms with E-state index in [-0.39, 0.29) is 11.5 Å². The molecule has 1 aromatic rings. The third-order valence-corrected chi connectivity index (χ3v) is 2.62. The van der Waals surface area contributed by atoms with Gasteiger partial charge in [0.2, 0.25) is 0 Å². The molecule has 0 spiro atoms. The van der Waals surface area contributed by atoms with Crippen LogP contribution in [0.2, 0.25) is 0 Å². The number of methoxy groups -OCH3 is 1. The molecule has 16 heavy (non-hydrogen) atoms. The molecule has 0 saturated heterocycles. The summed E-state index contributed by atoms with van der Waals surface area (Å²) in [6.45, 7) is 4.25. The van der Waals surface area contributed by atoms with Crippen LogP contribution in [0.25, 0.3) is 0 Å². The van der Waals surface area contributed by atoms with Crippen LogP contribution in [0, 0.1) is 0 Å². The van der Waals surface area contributed by atoms with Crippen LogP contribution in [0.3, 0.4) is 0 Å². The molecule has 5 heteroatoms. The summed E-state index contributed by atoms with van der Waals surface area (Å²) in [6.07, 6.45) is 0. The van der Waals surface area contributed by atoms with Crippen LogP contribution in [-0.2, 0) is 4.74 Å². The van der Waals surface area contributed by atoms with Gasteiger partial charge in [-0.1, -0.05) is 6.07 Å². The Balaban J connectivity index is 2.60. The highest BCUT2D eigenvalue weighted by Gasteiger charge is 2.18. The fourth-order valence-electron chi connectivity index (χ4n) is 0.991. The minimum Gasteiger partial charge on any atom is -0.377 e. The number of carbonyl (C=O) groups excluding carboxylic acids is 1. The van der Waals surface area contributed by atoms with Crippen molar-refractivity contribution in [2.24, 2.45) is 0 Å². The van der Waals surface area contributed by atoms with Crippen LogP contribution in [0.15, 0.2) is 22.8 Å². The van der Waals surface area contributed by atoms with Gasteiger partial charge >= 0.3 is 0 Å². The first kappa shape index (κ1) is 13.1. The van der Waals surface area contributed by atoms with Crippen LogP contribution in [-0.4, -0.2) is 30.1 Å². The lowest BCUT2D eigenvalue weighted by Crippen LogP contribution is -2.39. The average molecular weight is 287 g/mol. The number of halogens is 1. The maximum Gasteiger partial charge on any atom is 0.270 e. The predicted molar refractivity (Wildman–Crippen MR) is 65.4 cm³/mol. The van der Waals surface area contributed by atoms with E-state index in [1.54, 1.807) is 25.3 Å². The normalized spacial score (nSPS) is 11.2. The summed E-state index contributed by atoms with van der Waals surface area (Å²) in [5.74, 6) is -0.202. The molecule has 0 aliphatic rings. The molecule has 0 aliphatic heterocycles. The number of nitrogens with zero attached hydrogens (tertiary/aromatic N) is 1. The number of hydrogen-bond donors (Lipinski definition) is 1. The van der Waals surface area contributed by atoms with E-state index in [0.29, 0.717) is 16.8 Å². The summed E-state index contributed by atoms with van der Waals surface area (Å²) >= 11 is 3.22. The molecule has 0 atom stereocenters. The van der Waals surface area contributed by atoms with Gasteiger partial charge in [-0.2, -0.15) is 0 Å². The van der Waals surface area contributed by atoms with E-state index in [9.17, 15) is 4.79 Å². The van der Waals surface area contributed by atoms with Gasteiger partial charge in [0.15, 0.2) is 0 Å². The minimum atomic E-state index is -0.373. The smallest absolute Gasteiger partial charge is 0.270 e. The van der Waals surface area contributed by atoms with Crippen molar-refractivity contribution in [1.82, 2.24) is 10.3 Å². The van der Waals surface area contributed by atoms with E-state index < -0.39 is 0 Å². The van der Waals surface area contributed by atoms with Gasteiger partial charge in [-0.25, -0.2) is 4.98 Å². The molecule has 4 nitrogen and oxygen atoms in total. The Kier molecular flexibility index (Phi) is 4.44. The van der Waals surface area contributed by atoms with Crippen LogP contribution in [0.4, 0.5) is 0 Å². The van der Waals surface area contributed by atoms with Crippen molar-refractivity contribution >= 4 is 21.8 Å². The summed E-state index contributed by atoms with van der Waals surface area (Å²) in [6, 6.07) is 5.21. The number of pyridine rings is 1. The van der Waals surface area contributed by atoms with Crippen LogP contribution in [0.1, 0.15) is 24.3 Å². The van der Waals surface area contributed by atoms with Gasteiger partial charge < -0.3 is 10.1 Å². The van der Waals surface area contributed by atoms with Crippen molar-refractivity contribution in [2.45, 2.75) is 19.4 Å². The van der Waals surface area contributed by atoms with Crippen molar-refractivity contribution < 1.29 is 9.53 Å². The second-order valence-corrected chi connectivity index (χ2v) is 4.80. The number of nitrogens with one attached hydrogen (secondary N) is 1. The van der Waals surface area contributed by atoms with E-state index in [4.69, 9.17) is 4.74 Å². The van der Waals surface area contributed by atoms with Gasteiger partial charge in [0.1, 0.15) is 10.3 Å². The van der Waals surface area contributed by atoms with Gasteiger partial charge in [-0.3, -0.25) is 4.79 Å². The predicted octanol–water partition coefficient (Wildman–Crippen LogP) is 2.00. The zero-order chi connectivity index (χ0) is 12.2. The Morgan fingerprint density at radius 2 is 2.25 bits per heavy atom. The van der Waals surface area contributed by atoms with E-state index in [2.05, 4.69) is 26.2 Å². The van der Waals surface area contributed by atoms with E-state index in [1.165, 1.54) is 0 Å². The van der Waals surface area contributed by atoms with Gasteiger partial charge in [-0.15, -0.1) is 0 Å². The third kappa shape index (κ3) is 3.90. The quantitative estimate of drug-likeness (QED) is 0.862. The summed E-state index contributed by atoms with van der Waals surface area (Å²) in [4.78, 5) is 15.8. The zero-order valence-electron chi connectivity index (χ0n) is 9.58. The highest BCUT2D eigenvalue weighted by Crippen LogP contribution is 2.08. The highest BCUT2D eigenvalue weighted by atomic mass is 79.9. The van der Waals surface area contributed by atoms with Crippen molar-refractivity contribution in [3.8, 4) is 0 Å². The molecular formula is C11H15BrN2O2. The summed E-state index contributed by atoms with van der Waals surface area (Å²) < 4.78 is 5.85. The number of carbonyl (C=O) groups is 1. The van der Waals surface area contributed by atoms with Gasteiger partial charge in [0.05, 0.1) is 5.60 Å². The summed E-state index contributed by atoms with van der Waals surface area (Å²) in [5, 5.41) is 2.77.